The van der Waals surface area contributed by atoms with E-state index in [4.69, 9.17) is 4.74 Å². The van der Waals surface area contributed by atoms with Crippen molar-refractivity contribution in [3.05, 3.63) is 0 Å². The molecule has 2 N–H and O–H groups in total. The molecule has 1 aliphatic heterocycles. The Kier molecular flexibility index (Phi) is 5.77. The molecule has 0 aromatic rings. The molecule has 2 unspecified atom stereocenters. The minimum absolute atomic E-state index is 0.336. The molecule has 1 heterocycles. The van der Waals surface area contributed by atoms with Gasteiger partial charge in [0.2, 0.25) is 0 Å². The van der Waals surface area contributed by atoms with Crippen molar-refractivity contribution in [3.63, 3.8) is 0 Å². The van der Waals surface area contributed by atoms with Crippen LogP contribution in [0.1, 0.15) is 33.6 Å². The molecule has 0 aliphatic carbocycles. The van der Waals surface area contributed by atoms with Crippen LogP contribution in [-0.4, -0.2) is 48.5 Å². The van der Waals surface area contributed by atoms with E-state index in [1.807, 2.05) is 18.7 Å². The van der Waals surface area contributed by atoms with Crippen LogP contribution in [0.2, 0.25) is 0 Å². The average molecular weight is 261 g/mol. The lowest BCUT2D eigenvalue weighted by molar-refractivity contribution is 0.0194. The summed E-state index contributed by atoms with van der Waals surface area (Å²) in [5, 5.41) is 13.7. The first-order valence-corrected chi connectivity index (χ1v) is 7.55. The van der Waals surface area contributed by atoms with Crippen LogP contribution in [0.5, 0.6) is 0 Å². The van der Waals surface area contributed by atoms with Crippen LogP contribution in [-0.2, 0) is 4.74 Å². The van der Waals surface area contributed by atoms with E-state index in [0.29, 0.717) is 31.0 Å². The zero-order valence-electron chi connectivity index (χ0n) is 11.6. The van der Waals surface area contributed by atoms with Crippen LogP contribution < -0.4 is 5.32 Å². The number of ether oxygens (including phenoxy) is 1. The van der Waals surface area contributed by atoms with Gasteiger partial charge in [0, 0.05) is 38.5 Å². The van der Waals surface area contributed by atoms with E-state index in [-0.39, 0.29) is 0 Å². The third kappa shape index (κ3) is 5.16. The first-order chi connectivity index (χ1) is 7.87. The van der Waals surface area contributed by atoms with Gasteiger partial charge in [-0.3, -0.25) is 0 Å². The molecule has 2 atom stereocenters. The van der Waals surface area contributed by atoms with Crippen LogP contribution in [0.3, 0.4) is 0 Å². The summed E-state index contributed by atoms with van der Waals surface area (Å²) in [6.07, 6.45) is 1.92. The minimum atomic E-state index is -0.672. The van der Waals surface area contributed by atoms with E-state index in [9.17, 15) is 5.11 Å². The molecule has 1 fully saturated rings. The molecular weight excluding hydrogens is 234 g/mol. The minimum Gasteiger partial charge on any atom is -0.389 e. The molecule has 0 aromatic carbocycles. The van der Waals surface area contributed by atoms with E-state index in [1.165, 1.54) is 12.2 Å². The van der Waals surface area contributed by atoms with E-state index in [2.05, 4.69) is 19.2 Å². The van der Waals surface area contributed by atoms with Gasteiger partial charge in [-0.25, -0.2) is 0 Å². The van der Waals surface area contributed by atoms with Crippen molar-refractivity contribution in [1.82, 2.24) is 5.32 Å². The monoisotopic (exact) mass is 261 g/mol. The van der Waals surface area contributed by atoms with Crippen LogP contribution in [0.15, 0.2) is 0 Å². The number of methoxy groups -OCH3 is 1. The second-order valence-corrected chi connectivity index (χ2v) is 7.14. The summed E-state index contributed by atoms with van der Waals surface area (Å²) in [7, 11) is 1.67. The van der Waals surface area contributed by atoms with Gasteiger partial charge in [0.25, 0.3) is 0 Å². The molecule has 4 heteroatoms. The first-order valence-electron chi connectivity index (χ1n) is 6.40. The van der Waals surface area contributed by atoms with Gasteiger partial charge in [0.05, 0.1) is 5.60 Å². The summed E-state index contributed by atoms with van der Waals surface area (Å²) in [6.45, 7) is 7.76. The van der Waals surface area contributed by atoms with E-state index < -0.39 is 5.60 Å². The third-order valence-electron chi connectivity index (χ3n) is 3.69. The number of hydrogen-bond donors (Lipinski definition) is 2. The average Bonchev–Trinajstić information content (AvgIpc) is 2.24. The summed E-state index contributed by atoms with van der Waals surface area (Å²) in [5.41, 5.74) is -0.337. The SMILES string of the molecule is COCCC(C)(O)CNC1CSCCC1(C)C. The van der Waals surface area contributed by atoms with E-state index in [0.717, 1.165) is 5.75 Å². The maximum atomic E-state index is 10.2. The summed E-state index contributed by atoms with van der Waals surface area (Å²) >= 11 is 2.00. The standard InChI is InChI=1S/C13H27NO2S/c1-12(2)6-8-17-9-11(12)14-10-13(3,15)5-7-16-4/h11,14-15H,5-10H2,1-4H3. The molecule has 0 bridgehead atoms. The van der Waals surface area contributed by atoms with Gasteiger partial charge in [-0.05, 0) is 24.5 Å². The maximum Gasteiger partial charge on any atom is 0.0765 e. The second kappa shape index (κ2) is 6.41. The second-order valence-electron chi connectivity index (χ2n) is 5.99. The fourth-order valence-corrected chi connectivity index (χ4v) is 3.67. The number of hydrogen-bond acceptors (Lipinski definition) is 4. The van der Waals surface area contributed by atoms with Crippen molar-refractivity contribution in [2.24, 2.45) is 5.41 Å². The Hall–Kier alpha value is 0.230. The summed E-state index contributed by atoms with van der Waals surface area (Å²) < 4.78 is 5.02. The Labute approximate surface area is 110 Å². The lowest BCUT2D eigenvalue weighted by atomic mass is 9.82. The lowest BCUT2D eigenvalue weighted by Crippen LogP contribution is -2.51. The molecule has 3 nitrogen and oxygen atoms in total. The number of nitrogens with one attached hydrogen (secondary N) is 1. The van der Waals surface area contributed by atoms with Crippen molar-refractivity contribution >= 4 is 11.8 Å². The maximum absolute atomic E-state index is 10.2. The van der Waals surface area contributed by atoms with E-state index >= 15 is 0 Å². The van der Waals surface area contributed by atoms with Crippen molar-refractivity contribution in [2.75, 3.05) is 31.8 Å². The third-order valence-corrected chi connectivity index (χ3v) is 4.75. The molecule has 17 heavy (non-hydrogen) atoms. The Morgan fingerprint density at radius 3 is 2.82 bits per heavy atom. The smallest absolute Gasteiger partial charge is 0.0765 e. The highest BCUT2D eigenvalue weighted by Crippen LogP contribution is 2.34. The molecule has 0 spiro atoms. The zero-order chi connectivity index (χ0) is 12.9. The molecule has 0 radical (unpaired) electrons. The van der Waals surface area contributed by atoms with Gasteiger partial charge in [0.15, 0.2) is 0 Å². The normalized spacial score (nSPS) is 27.7. The molecular formula is C13H27NO2S. The quantitative estimate of drug-likeness (QED) is 0.766. The van der Waals surface area contributed by atoms with Gasteiger partial charge in [-0.15, -0.1) is 0 Å². The van der Waals surface area contributed by atoms with Gasteiger partial charge < -0.3 is 15.2 Å². The highest BCUT2D eigenvalue weighted by molar-refractivity contribution is 7.99. The fraction of sp³-hybridized carbons (Fsp3) is 1.00. The zero-order valence-corrected chi connectivity index (χ0v) is 12.4. The number of aliphatic hydroxyl groups is 1. The molecule has 0 saturated carbocycles. The van der Waals surface area contributed by atoms with Crippen LogP contribution in [0.25, 0.3) is 0 Å². The van der Waals surface area contributed by atoms with Crippen molar-refractivity contribution in [2.45, 2.75) is 45.3 Å². The predicted molar refractivity (Wildman–Crippen MR) is 74.6 cm³/mol. The van der Waals surface area contributed by atoms with Gasteiger partial charge in [-0.2, -0.15) is 11.8 Å². The molecule has 0 amide bonds. The van der Waals surface area contributed by atoms with E-state index in [1.54, 1.807) is 7.11 Å². The highest BCUT2D eigenvalue weighted by Gasteiger charge is 2.33. The number of rotatable bonds is 6. The largest absolute Gasteiger partial charge is 0.389 e. The van der Waals surface area contributed by atoms with Gasteiger partial charge >= 0.3 is 0 Å². The molecule has 1 saturated heterocycles. The lowest BCUT2D eigenvalue weighted by Gasteiger charge is -2.40. The molecule has 0 aromatic heterocycles. The molecule has 1 aliphatic rings. The van der Waals surface area contributed by atoms with Crippen LogP contribution >= 0.6 is 11.8 Å². The van der Waals surface area contributed by atoms with Crippen LogP contribution in [0, 0.1) is 5.41 Å². The van der Waals surface area contributed by atoms with Crippen molar-refractivity contribution in [3.8, 4) is 0 Å². The Morgan fingerprint density at radius 1 is 1.53 bits per heavy atom. The fourth-order valence-electron chi connectivity index (χ4n) is 2.02. The first kappa shape index (κ1) is 15.3. The van der Waals surface area contributed by atoms with Crippen molar-refractivity contribution < 1.29 is 9.84 Å². The summed E-state index contributed by atoms with van der Waals surface area (Å²) in [6, 6.07) is 0.496. The Balaban J connectivity index is 2.38. The predicted octanol–water partition coefficient (Wildman–Crippen LogP) is 1.90. The molecule has 1 rings (SSSR count). The number of thioether (sulfide) groups is 1. The molecule has 102 valence electrons. The summed E-state index contributed by atoms with van der Waals surface area (Å²) in [4.78, 5) is 0. The topological polar surface area (TPSA) is 41.5 Å². The van der Waals surface area contributed by atoms with Crippen LogP contribution in [0.4, 0.5) is 0 Å². The van der Waals surface area contributed by atoms with Crippen molar-refractivity contribution in [1.29, 1.82) is 0 Å². The van der Waals surface area contributed by atoms with Gasteiger partial charge in [0.1, 0.15) is 0 Å². The Morgan fingerprint density at radius 2 is 2.24 bits per heavy atom. The highest BCUT2D eigenvalue weighted by atomic mass is 32.2. The van der Waals surface area contributed by atoms with Gasteiger partial charge in [-0.1, -0.05) is 13.8 Å². The Bertz CT molecular complexity index is 231. The summed E-state index contributed by atoms with van der Waals surface area (Å²) in [5.74, 6) is 2.40.